The van der Waals surface area contributed by atoms with Gasteiger partial charge in [-0.1, -0.05) is 12.1 Å². The predicted molar refractivity (Wildman–Crippen MR) is 70.5 cm³/mol. The normalized spacial score (nSPS) is 12.0. The maximum Gasteiger partial charge on any atom is 0.224 e. The molecule has 0 saturated carbocycles. The molecule has 1 unspecified atom stereocenters. The lowest BCUT2D eigenvalue weighted by Crippen LogP contribution is -2.28. The number of amides is 1. The molecule has 88 valence electrons. The molecule has 1 N–H and O–H groups in total. The molecule has 1 atom stereocenters. The van der Waals surface area contributed by atoms with Crippen LogP contribution in [0.25, 0.3) is 0 Å². The van der Waals surface area contributed by atoms with Crippen molar-refractivity contribution < 1.29 is 4.79 Å². The van der Waals surface area contributed by atoms with Gasteiger partial charge in [0.15, 0.2) is 0 Å². The van der Waals surface area contributed by atoms with Gasteiger partial charge >= 0.3 is 0 Å². The first kappa shape index (κ1) is 13.0. The van der Waals surface area contributed by atoms with Crippen LogP contribution in [0.5, 0.6) is 0 Å². The second kappa shape index (κ2) is 5.89. The Bertz CT molecular complexity index is 366. The van der Waals surface area contributed by atoms with Gasteiger partial charge in [-0.2, -0.15) is 0 Å². The summed E-state index contributed by atoms with van der Waals surface area (Å²) in [6.07, 6.45) is 0.494. The van der Waals surface area contributed by atoms with Crippen LogP contribution in [0, 0.1) is 0 Å². The maximum atomic E-state index is 11.5. The Hall–Kier alpha value is -1.03. The lowest BCUT2D eigenvalue weighted by atomic mass is 10.2. The van der Waals surface area contributed by atoms with E-state index in [0.717, 1.165) is 10.2 Å². The Morgan fingerprint density at radius 1 is 1.44 bits per heavy atom. The summed E-state index contributed by atoms with van der Waals surface area (Å²) in [5, 5.41) is 3.30. The summed E-state index contributed by atoms with van der Waals surface area (Å²) in [7, 11) is 3.54. The van der Waals surface area contributed by atoms with Crippen LogP contribution in [-0.2, 0) is 4.79 Å². The second-order valence-electron chi connectivity index (χ2n) is 4.02. The van der Waals surface area contributed by atoms with E-state index < -0.39 is 0 Å². The largest absolute Gasteiger partial charge is 0.381 e. The van der Waals surface area contributed by atoms with Crippen molar-refractivity contribution in [3.05, 3.63) is 28.7 Å². The molecule has 16 heavy (non-hydrogen) atoms. The molecule has 4 heteroatoms. The van der Waals surface area contributed by atoms with Gasteiger partial charge < -0.3 is 10.2 Å². The summed E-state index contributed by atoms with van der Waals surface area (Å²) in [6, 6.07) is 8.01. The second-order valence-corrected chi connectivity index (χ2v) is 4.87. The highest BCUT2D eigenvalue weighted by Gasteiger charge is 2.11. The summed E-state index contributed by atoms with van der Waals surface area (Å²) in [5.41, 5.74) is 1.02. The van der Waals surface area contributed by atoms with Crippen LogP contribution < -0.4 is 5.32 Å². The molecule has 0 spiro atoms. The van der Waals surface area contributed by atoms with Crippen molar-refractivity contribution in [1.82, 2.24) is 4.90 Å². The Balaban J connectivity index is 2.55. The van der Waals surface area contributed by atoms with Crippen molar-refractivity contribution in [1.29, 1.82) is 0 Å². The van der Waals surface area contributed by atoms with Crippen LogP contribution in [0.4, 0.5) is 5.69 Å². The number of hydrogen-bond donors (Lipinski definition) is 1. The van der Waals surface area contributed by atoms with E-state index >= 15 is 0 Å². The highest BCUT2D eigenvalue weighted by atomic mass is 79.9. The number of nitrogens with one attached hydrogen (secondary N) is 1. The number of anilines is 1. The molecule has 0 fully saturated rings. The molecule has 0 bridgehead atoms. The van der Waals surface area contributed by atoms with Crippen LogP contribution >= 0.6 is 15.9 Å². The molecule has 0 radical (unpaired) electrons. The van der Waals surface area contributed by atoms with Gasteiger partial charge in [-0.05, 0) is 35.0 Å². The Morgan fingerprint density at radius 2 is 2.06 bits per heavy atom. The van der Waals surface area contributed by atoms with E-state index in [4.69, 9.17) is 0 Å². The van der Waals surface area contributed by atoms with Crippen LogP contribution in [0.3, 0.4) is 0 Å². The highest BCUT2D eigenvalue weighted by molar-refractivity contribution is 9.10. The highest BCUT2D eigenvalue weighted by Crippen LogP contribution is 2.22. The molecule has 1 aromatic rings. The molecule has 1 aromatic carbocycles. The minimum absolute atomic E-state index is 0.119. The predicted octanol–water partition coefficient (Wildman–Crippen LogP) is 2.73. The fourth-order valence-corrected chi connectivity index (χ4v) is 1.74. The third-order valence-corrected chi connectivity index (χ3v) is 2.95. The van der Waals surface area contributed by atoms with Gasteiger partial charge in [-0.3, -0.25) is 4.79 Å². The first-order chi connectivity index (χ1) is 7.50. The summed E-state index contributed by atoms with van der Waals surface area (Å²) >= 11 is 3.46. The molecular formula is C12H17BrN2O. The maximum absolute atomic E-state index is 11.5. The summed E-state index contributed by atoms with van der Waals surface area (Å²) in [4.78, 5) is 13.1. The van der Waals surface area contributed by atoms with Crippen molar-refractivity contribution in [3.8, 4) is 0 Å². The van der Waals surface area contributed by atoms with Crippen molar-refractivity contribution >= 4 is 27.5 Å². The SMILES string of the molecule is CC(CC(=O)N(C)C)Nc1ccccc1Br. The van der Waals surface area contributed by atoms with Gasteiger partial charge in [-0.15, -0.1) is 0 Å². The third kappa shape index (κ3) is 3.85. The molecule has 1 amide bonds. The smallest absolute Gasteiger partial charge is 0.224 e. The van der Waals surface area contributed by atoms with Crippen LogP contribution in [0.15, 0.2) is 28.7 Å². The third-order valence-electron chi connectivity index (χ3n) is 2.26. The molecule has 0 aliphatic carbocycles. The summed E-state index contributed by atoms with van der Waals surface area (Å²) in [5.74, 6) is 0.132. The van der Waals surface area contributed by atoms with Gasteiger partial charge in [0.25, 0.3) is 0 Å². The van der Waals surface area contributed by atoms with Crippen molar-refractivity contribution in [3.63, 3.8) is 0 Å². The Labute approximate surface area is 105 Å². The van der Waals surface area contributed by atoms with E-state index in [0.29, 0.717) is 6.42 Å². The monoisotopic (exact) mass is 284 g/mol. The summed E-state index contributed by atoms with van der Waals surface area (Å²) < 4.78 is 1.01. The zero-order valence-corrected chi connectivity index (χ0v) is 11.4. The van der Waals surface area contributed by atoms with Crippen LogP contribution in [0.1, 0.15) is 13.3 Å². The first-order valence-electron chi connectivity index (χ1n) is 5.22. The molecule has 0 aromatic heterocycles. The Morgan fingerprint density at radius 3 is 2.62 bits per heavy atom. The van der Waals surface area contributed by atoms with E-state index in [1.807, 2.05) is 31.2 Å². The first-order valence-corrected chi connectivity index (χ1v) is 6.01. The number of hydrogen-bond acceptors (Lipinski definition) is 2. The van der Waals surface area contributed by atoms with Crippen molar-refractivity contribution in [2.75, 3.05) is 19.4 Å². The number of rotatable bonds is 4. The number of nitrogens with zero attached hydrogens (tertiary/aromatic N) is 1. The number of halogens is 1. The molecule has 0 saturated heterocycles. The van der Waals surface area contributed by atoms with E-state index in [1.54, 1.807) is 19.0 Å². The quantitative estimate of drug-likeness (QED) is 0.922. The number of para-hydroxylation sites is 1. The lowest BCUT2D eigenvalue weighted by Gasteiger charge is -2.18. The molecule has 0 aliphatic rings. The fraction of sp³-hybridized carbons (Fsp3) is 0.417. The molecule has 0 aliphatic heterocycles. The van der Waals surface area contributed by atoms with Crippen molar-refractivity contribution in [2.24, 2.45) is 0 Å². The van der Waals surface area contributed by atoms with E-state index in [1.165, 1.54) is 0 Å². The van der Waals surface area contributed by atoms with Gasteiger partial charge in [-0.25, -0.2) is 0 Å². The van der Waals surface area contributed by atoms with Crippen molar-refractivity contribution in [2.45, 2.75) is 19.4 Å². The molecular weight excluding hydrogens is 268 g/mol. The average molecular weight is 285 g/mol. The minimum Gasteiger partial charge on any atom is -0.381 e. The number of carbonyl (C=O) groups is 1. The van der Waals surface area contributed by atoms with E-state index in [2.05, 4.69) is 21.2 Å². The Kier molecular flexibility index (Phi) is 4.80. The average Bonchev–Trinajstić information content (AvgIpc) is 2.21. The minimum atomic E-state index is 0.119. The van der Waals surface area contributed by atoms with Crippen LogP contribution in [-0.4, -0.2) is 30.9 Å². The van der Waals surface area contributed by atoms with Gasteiger partial charge in [0.1, 0.15) is 0 Å². The van der Waals surface area contributed by atoms with E-state index in [-0.39, 0.29) is 11.9 Å². The summed E-state index contributed by atoms with van der Waals surface area (Å²) in [6.45, 7) is 2.00. The molecule has 1 rings (SSSR count). The number of benzene rings is 1. The standard InChI is InChI=1S/C12H17BrN2O/c1-9(8-12(16)15(2)3)14-11-7-5-4-6-10(11)13/h4-7,9,14H,8H2,1-3H3. The molecule has 0 heterocycles. The van der Waals surface area contributed by atoms with Gasteiger partial charge in [0.2, 0.25) is 5.91 Å². The lowest BCUT2D eigenvalue weighted by molar-refractivity contribution is -0.128. The zero-order chi connectivity index (χ0) is 12.1. The topological polar surface area (TPSA) is 32.3 Å². The van der Waals surface area contributed by atoms with E-state index in [9.17, 15) is 4.79 Å². The van der Waals surface area contributed by atoms with Gasteiger partial charge in [0, 0.05) is 36.7 Å². The van der Waals surface area contributed by atoms with Crippen LogP contribution in [0.2, 0.25) is 0 Å². The molecule has 3 nitrogen and oxygen atoms in total. The zero-order valence-electron chi connectivity index (χ0n) is 9.83. The number of carbonyl (C=O) groups excluding carboxylic acids is 1. The van der Waals surface area contributed by atoms with Gasteiger partial charge in [0.05, 0.1) is 0 Å². The fourth-order valence-electron chi connectivity index (χ4n) is 1.34.